The summed E-state index contributed by atoms with van der Waals surface area (Å²) < 4.78 is 17.8. The summed E-state index contributed by atoms with van der Waals surface area (Å²) in [6, 6.07) is 22.8. The van der Waals surface area contributed by atoms with Crippen molar-refractivity contribution in [3.8, 4) is 45.8 Å². The van der Waals surface area contributed by atoms with Gasteiger partial charge in [0.15, 0.2) is 0 Å². The first-order valence-corrected chi connectivity index (χ1v) is 17.8. The monoisotopic (exact) mass is 791 g/mol. The van der Waals surface area contributed by atoms with Crippen molar-refractivity contribution in [2.75, 3.05) is 32.9 Å². The van der Waals surface area contributed by atoms with Crippen molar-refractivity contribution in [1.29, 1.82) is 5.26 Å². The SMILES string of the molecule is N#Cc1cncc(COc2nc(OCc3cccc(-c4cccc(-c5ccc(OCCNCCO)cc5)c4Cl)c3Cl)c(Cl)cc2CN[C@@H](CO)C(=O)O)c1. The van der Waals surface area contributed by atoms with Gasteiger partial charge in [-0.05, 0) is 29.8 Å². The summed E-state index contributed by atoms with van der Waals surface area (Å²) in [5.74, 6) is -0.398. The Bertz CT molecular complexity index is 2100. The number of hydrogen-bond acceptors (Lipinski definition) is 11. The molecule has 280 valence electrons. The maximum Gasteiger partial charge on any atom is 0.323 e. The number of nitrogens with one attached hydrogen (secondary N) is 2. The highest BCUT2D eigenvalue weighted by atomic mass is 35.5. The van der Waals surface area contributed by atoms with Crippen LogP contribution in [0.5, 0.6) is 17.5 Å². The molecule has 0 aliphatic carbocycles. The molecule has 3 aromatic carbocycles. The van der Waals surface area contributed by atoms with Crippen LogP contribution in [-0.4, -0.2) is 70.2 Å². The molecule has 5 aromatic rings. The smallest absolute Gasteiger partial charge is 0.323 e. The molecule has 0 saturated heterocycles. The molecule has 0 radical (unpaired) electrons. The molecule has 0 unspecified atom stereocenters. The lowest BCUT2D eigenvalue weighted by Crippen LogP contribution is -2.39. The van der Waals surface area contributed by atoms with Crippen molar-refractivity contribution in [2.45, 2.75) is 25.8 Å². The number of aliphatic hydroxyl groups excluding tert-OH is 2. The number of rotatable bonds is 19. The second kappa shape index (κ2) is 19.9. The van der Waals surface area contributed by atoms with Crippen molar-refractivity contribution in [3.05, 3.63) is 123 Å². The quantitative estimate of drug-likeness (QED) is 0.0591. The number of carboxylic acids is 1. The van der Waals surface area contributed by atoms with Gasteiger partial charge in [-0.25, -0.2) is 0 Å². The number of aliphatic hydroxyl groups is 2. The van der Waals surface area contributed by atoms with Crippen LogP contribution in [0.3, 0.4) is 0 Å². The molecule has 0 aliphatic rings. The standard InChI is InChI=1S/C39H36Cl3N5O7/c40-33-16-28(20-46-34(21-49)39(50)51)37(53-22-25-15-24(17-43)18-45-19-25)47-38(33)54-23-27-3-1-5-31(35(27)41)32-6-2-4-30(36(32)42)26-7-9-29(10-8-26)52-14-12-44-11-13-48/h1-10,15-16,18-19,34,44,46,48-49H,11-14,20-23H2,(H,50,51)/t34-/m0/s1. The van der Waals surface area contributed by atoms with Gasteiger partial charge in [-0.15, -0.1) is 0 Å². The summed E-state index contributed by atoms with van der Waals surface area (Å²) in [4.78, 5) is 20.0. The van der Waals surface area contributed by atoms with Crippen molar-refractivity contribution in [1.82, 2.24) is 20.6 Å². The Hall–Kier alpha value is -4.97. The van der Waals surface area contributed by atoms with E-state index in [2.05, 4.69) is 20.6 Å². The van der Waals surface area contributed by atoms with Crippen LogP contribution in [0.25, 0.3) is 22.3 Å². The lowest BCUT2D eigenvalue weighted by Gasteiger charge is -2.17. The molecule has 15 heteroatoms. The van der Waals surface area contributed by atoms with Crippen molar-refractivity contribution < 1.29 is 34.3 Å². The molecule has 0 amide bonds. The largest absolute Gasteiger partial charge is 0.492 e. The molecule has 0 saturated carbocycles. The summed E-state index contributed by atoms with van der Waals surface area (Å²) in [7, 11) is 0. The summed E-state index contributed by atoms with van der Waals surface area (Å²) in [6.07, 6.45) is 2.97. The molecule has 2 aromatic heterocycles. The first-order valence-electron chi connectivity index (χ1n) is 16.7. The first-order chi connectivity index (χ1) is 26.2. The number of carbonyl (C=O) groups is 1. The van der Waals surface area contributed by atoms with E-state index in [1.54, 1.807) is 18.3 Å². The fourth-order valence-electron chi connectivity index (χ4n) is 5.27. The predicted octanol–water partition coefficient (Wildman–Crippen LogP) is 6.30. The number of ether oxygens (including phenoxy) is 3. The topological polar surface area (TPSA) is 179 Å². The third-order valence-corrected chi connectivity index (χ3v) is 9.16. The van der Waals surface area contributed by atoms with Gasteiger partial charge in [0.05, 0.1) is 28.8 Å². The number of aliphatic carboxylic acids is 1. The number of nitriles is 1. The number of hydrogen-bond donors (Lipinski definition) is 5. The highest BCUT2D eigenvalue weighted by Gasteiger charge is 2.20. The normalized spacial score (nSPS) is 11.5. The molecule has 54 heavy (non-hydrogen) atoms. The van der Waals surface area contributed by atoms with Crippen LogP contribution in [0.1, 0.15) is 22.3 Å². The Labute approximate surface area is 326 Å². The Kier molecular flexibility index (Phi) is 14.8. The first kappa shape index (κ1) is 40.2. The molecule has 0 bridgehead atoms. The van der Waals surface area contributed by atoms with E-state index in [-0.39, 0.29) is 43.1 Å². The Morgan fingerprint density at radius 1 is 0.833 bits per heavy atom. The zero-order valence-electron chi connectivity index (χ0n) is 28.8. The number of aromatic nitrogens is 2. The Morgan fingerprint density at radius 3 is 2.28 bits per heavy atom. The van der Waals surface area contributed by atoms with Crippen LogP contribution >= 0.6 is 34.8 Å². The third-order valence-electron chi connectivity index (χ3n) is 8.04. The zero-order valence-corrected chi connectivity index (χ0v) is 31.0. The molecule has 12 nitrogen and oxygen atoms in total. The van der Waals surface area contributed by atoms with Gasteiger partial charge in [-0.2, -0.15) is 10.2 Å². The molecule has 0 spiro atoms. The van der Waals surface area contributed by atoms with Gasteiger partial charge < -0.3 is 34.8 Å². The summed E-state index contributed by atoms with van der Waals surface area (Å²) in [6.45, 7) is 0.944. The minimum Gasteiger partial charge on any atom is -0.492 e. The number of halogens is 3. The van der Waals surface area contributed by atoms with Gasteiger partial charge in [-0.1, -0.05) is 83.3 Å². The van der Waals surface area contributed by atoms with Crippen LogP contribution in [0, 0.1) is 11.3 Å². The lowest BCUT2D eigenvalue weighted by atomic mass is 9.97. The highest BCUT2D eigenvalue weighted by Crippen LogP contribution is 2.41. The predicted molar refractivity (Wildman–Crippen MR) is 205 cm³/mol. The van der Waals surface area contributed by atoms with Crippen molar-refractivity contribution in [2.24, 2.45) is 0 Å². The third kappa shape index (κ3) is 10.6. The van der Waals surface area contributed by atoms with E-state index in [1.807, 2.05) is 60.7 Å². The molecule has 0 aliphatic heterocycles. The van der Waals surface area contributed by atoms with E-state index < -0.39 is 18.6 Å². The number of pyridine rings is 2. The van der Waals surface area contributed by atoms with Crippen molar-refractivity contribution >= 4 is 40.8 Å². The molecule has 0 fully saturated rings. The van der Waals surface area contributed by atoms with Crippen LogP contribution in [-0.2, 0) is 24.6 Å². The van der Waals surface area contributed by atoms with Gasteiger partial charge in [-0.3, -0.25) is 15.1 Å². The number of carboxylic acid groups (broad SMARTS) is 1. The van der Waals surface area contributed by atoms with E-state index in [9.17, 15) is 20.3 Å². The molecule has 1 atom stereocenters. The van der Waals surface area contributed by atoms with E-state index >= 15 is 0 Å². The second-order valence-electron chi connectivity index (χ2n) is 11.8. The number of benzene rings is 3. The second-order valence-corrected chi connectivity index (χ2v) is 12.9. The molecule has 2 heterocycles. The molecular formula is C39H36Cl3N5O7. The van der Waals surface area contributed by atoms with Gasteiger partial charge >= 0.3 is 5.97 Å². The van der Waals surface area contributed by atoms with Crippen LogP contribution in [0.2, 0.25) is 15.1 Å². The fourth-order valence-corrected chi connectivity index (χ4v) is 6.12. The van der Waals surface area contributed by atoms with Crippen molar-refractivity contribution in [3.63, 3.8) is 0 Å². The highest BCUT2D eigenvalue weighted by molar-refractivity contribution is 6.38. The van der Waals surface area contributed by atoms with Gasteiger partial charge in [0.25, 0.3) is 0 Å². The fraction of sp³-hybridized carbons (Fsp3) is 0.231. The van der Waals surface area contributed by atoms with Gasteiger partial charge in [0.2, 0.25) is 11.8 Å². The lowest BCUT2D eigenvalue weighted by molar-refractivity contribution is -0.140. The number of nitrogens with zero attached hydrogens (tertiary/aromatic N) is 3. The Morgan fingerprint density at radius 2 is 1.56 bits per heavy atom. The zero-order chi connectivity index (χ0) is 38.5. The average molecular weight is 793 g/mol. The average Bonchev–Trinajstić information content (AvgIpc) is 3.18. The van der Waals surface area contributed by atoms with Crippen LogP contribution in [0.4, 0.5) is 0 Å². The summed E-state index contributed by atoms with van der Waals surface area (Å²) >= 11 is 20.6. The van der Waals surface area contributed by atoms with Crippen LogP contribution < -0.4 is 24.8 Å². The van der Waals surface area contributed by atoms with Crippen LogP contribution in [0.15, 0.2) is 85.2 Å². The van der Waals surface area contributed by atoms with Gasteiger partial charge in [0.1, 0.15) is 42.7 Å². The van der Waals surface area contributed by atoms with Gasteiger partial charge in [0, 0.05) is 65.4 Å². The maximum absolute atomic E-state index is 11.5. The van der Waals surface area contributed by atoms with E-state index in [1.165, 1.54) is 12.3 Å². The molecule has 5 N–H and O–H groups in total. The van der Waals surface area contributed by atoms with E-state index in [0.717, 1.165) is 16.7 Å². The minimum atomic E-state index is -1.23. The Balaban J connectivity index is 1.34. The maximum atomic E-state index is 11.5. The van der Waals surface area contributed by atoms with E-state index in [4.69, 9.17) is 54.1 Å². The summed E-state index contributed by atoms with van der Waals surface area (Å²) in [5, 5.41) is 43.8. The molecular weight excluding hydrogens is 757 g/mol. The van der Waals surface area contributed by atoms with E-state index in [0.29, 0.717) is 63.3 Å². The minimum absolute atomic E-state index is 0.0125. The summed E-state index contributed by atoms with van der Waals surface area (Å²) in [5.41, 5.74) is 5.09. The molecule has 5 rings (SSSR count).